The van der Waals surface area contributed by atoms with Gasteiger partial charge in [0.15, 0.2) is 0 Å². The zero-order valence-electron chi connectivity index (χ0n) is 7.26. The molecule has 0 radical (unpaired) electrons. The topological polar surface area (TPSA) is 72.2 Å². The molecule has 0 aromatic rings. The van der Waals surface area contributed by atoms with Crippen LogP contribution < -0.4 is 11.3 Å². The quantitative estimate of drug-likeness (QED) is 0.289. The lowest BCUT2D eigenvalue weighted by Crippen LogP contribution is -2.44. The Kier molecular flexibility index (Phi) is 10.7. The molecule has 0 rings (SSSR count). The minimum absolute atomic E-state index is 0. The van der Waals surface area contributed by atoms with Gasteiger partial charge in [-0.1, -0.05) is 14.9 Å². The Morgan fingerprint density at radius 2 is 1.86 bits per heavy atom. The van der Waals surface area contributed by atoms with Crippen LogP contribution in [0.5, 0.6) is 0 Å². The van der Waals surface area contributed by atoms with Crippen LogP contribution in [0.1, 0.15) is 35.1 Å². The molecule has 4 nitrogen and oxygen atoms in total. The molecule has 0 aliphatic heterocycles. The van der Waals surface area contributed by atoms with Crippen LogP contribution >= 0.6 is 12.6 Å². The highest BCUT2D eigenvalue weighted by Crippen LogP contribution is 2.23. The van der Waals surface area contributed by atoms with Crippen molar-refractivity contribution in [2.75, 3.05) is 5.75 Å². The third-order valence-electron chi connectivity index (χ3n) is 1.67. The van der Waals surface area contributed by atoms with Gasteiger partial charge in [-0.25, -0.2) is 5.84 Å². The number of Topliss-reactive ketones (excluding diaryl/α,β-unsaturated/α-hetero) is 1. The molecule has 0 spiro atoms. The summed E-state index contributed by atoms with van der Waals surface area (Å²) in [7, 11) is 0. The Hall–Kier alpha value is -0.550. The van der Waals surface area contributed by atoms with Crippen molar-refractivity contribution in [3.63, 3.8) is 0 Å². The molecule has 1 atom stereocenters. The largest absolute Gasteiger partial charge is 0.300 e. The molecule has 5 heteroatoms. The smallest absolute Gasteiger partial charge is 0.241 e. The van der Waals surface area contributed by atoms with Crippen LogP contribution in [0.2, 0.25) is 0 Å². The average molecular weight is 222 g/mol. The van der Waals surface area contributed by atoms with Gasteiger partial charge in [0, 0.05) is 12.2 Å². The molecule has 0 saturated heterocycles. The Morgan fingerprint density at radius 1 is 1.43 bits per heavy atom. The van der Waals surface area contributed by atoms with Crippen LogP contribution in [-0.4, -0.2) is 17.4 Å². The second-order valence-electron chi connectivity index (χ2n) is 3.07. The fourth-order valence-electron chi connectivity index (χ4n) is 0.932. The molecule has 0 aromatic heterocycles. The number of thiol groups is 1. The lowest BCUT2D eigenvalue weighted by Gasteiger charge is -2.23. The van der Waals surface area contributed by atoms with Crippen LogP contribution in [0.4, 0.5) is 0 Å². The van der Waals surface area contributed by atoms with Gasteiger partial charge in [-0.15, -0.1) is 0 Å². The minimum atomic E-state index is -0.788. The van der Waals surface area contributed by atoms with E-state index in [1.807, 2.05) is 5.43 Å². The van der Waals surface area contributed by atoms with E-state index in [9.17, 15) is 9.59 Å². The standard InChI is InChI=1S/C7H14N2O2S.2CH4/c1-5(10)3-7(2,4-12)6(11)9-8;;/h12H,3-4,8H2,1-2H3,(H,9,11);2*1H4. The highest BCUT2D eigenvalue weighted by atomic mass is 32.1. The summed E-state index contributed by atoms with van der Waals surface area (Å²) in [4.78, 5) is 21.9. The summed E-state index contributed by atoms with van der Waals surface area (Å²) in [5, 5.41) is 0. The highest BCUT2D eigenvalue weighted by Gasteiger charge is 2.32. The summed E-state index contributed by atoms with van der Waals surface area (Å²) in [6.07, 6.45) is 0.166. The molecule has 0 aromatic carbocycles. The van der Waals surface area contributed by atoms with Gasteiger partial charge in [0.25, 0.3) is 0 Å². The van der Waals surface area contributed by atoms with Gasteiger partial charge in [0.05, 0.1) is 5.41 Å². The van der Waals surface area contributed by atoms with Crippen molar-refractivity contribution < 1.29 is 9.59 Å². The zero-order valence-corrected chi connectivity index (χ0v) is 8.15. The Bertz CT molecular complexity index is 197. The van der Waals surface area contributed by atoms with Gasteiger partial charge in [-0.2, -0.15) is 12.6 Å². The van der Waals surface area contributed by atoms with E-state index in [2.05, 4.69) is 12.6 Å². The predicted molar refractivity (Wildman–Crippen MR) is 63.1 cm³/mol. The van der Waals surface area contributed by atoms with Crippen LogP contribution in [0.25, 0.3) is 0 Å². The molecule has 0 aliphatic rings. The molecule has 0 aliphatic carbocycles. The van der Waals surface area contributed by atoms with Gasteiger partial charge >= 0.3 is 0 Å². The summed E-state index contributed by atoms with van der Waals surface area (Å²) in [5.74, 6) is 4.87. The van der Waals surface area contributed by atoms with Gasteiger partial charge in [-0.3, -0.25) is 15.0 Å². The first-order chi connectivity index (χ1) is 5.46. The number of hydrogen-bond donors (Lipinski definition) is 3. The Morgan fingerprint density at radius 3 is 2.07 bits per heavy atom. The van der Waals surface area contributed by atoms with E-state index >= 15 is 0 Å². The van der Waals surface area contributed by atoms with E-state index in [0.29, 0.717) is 5.75 Å². The molecule has 3 N–H and O–H groups in total. The van der Waals surface area contributed by atoms with Gasteiger partial charge < -0.3 is 0 Å². The molecule has 14 heavy (non-hydrogen) atoms. The van der Waals surface area contributed by atoms with E-state index in [0.717, 1.165) is 0 Å². The van der Waals surface area contributed by atoms with E-state index in [4.69, 9.17) is 5.84 Å². The molecule has 1 amide bonds. The predicted octanol–water partition coefficient (Wildman–Crippen LogP) is 1.16. The zero-order chi connectivity index (χ0) is 9.78. The van der Waals surface area contributed by atoms with E-state index < -0.39 is 5.41 Å². The molecular formula is C9H22N2O2S. The van der Waals surface area contributed by atoms with Gasteiger partial charge in [0.1, 0.15) is 5.78 Å². The summed E-state index contributed by atoms with van der Waals surface area (Å²) < 4.78 is 0. The van der Waals surface area contributed by atoms with E-state index in [-0.39, 0.29) is 33.0 Å². The van der Waals surface area contributed by atoms with Crippen molar-refractivity contribution in [1.29, 1.82) is 0 Å². The Labute approximate surface area is 92.0 Å². The minimum Gasteiger partial charge on any atom is -0.300 e. The lowest BCUT2D eigenvalue weighted by atomic mass is 9.86. The number of nitrogens with two attached hydrogens (primary N) is 1. The SMILES string of the molecule is C.C.CC(=O)CC(C)(CS)C(=O)NN. The fourth-order valence-corrected chi connectivity index (χ4v) is 1.19. The van der Waals surface area contributed by atoms with Gasteiger partial charge in [0.2, 0.25) is 5.91 Å². The number of carbonyl (C=O) groups excluding carboxylic acids is 2. The number of carbonyl (C=O) groups is 2. The summed E-state index contributed by atoms with van der Waals surface area (Å²) in [6, 6.07) is 0. The molecule has 0 fully saturated rings. The summed E-state index contributed by atoms with van der Waals surface area (Å²) in [5.41, 5.74) is 1.23. The van der Waals surface area contributed by atoms with E-state index in [1.165, 1.54) is 6.92 Å². The second-order valence-corrected chi connectivity index (χ2v) is 3.39. The first-order valence-corrected chi connectivity index (χ1v) is 4.21. The third-order valence-corrected chi connectivity index (χ3v) is 2.37. The first kappa shape index (κ1) is 19.1. The van der Waals surface area contributed by atoms with Crippen molar-refractivity contribution in [3.8, 4) is 0 Å². The first-order valence-electron chi connectivity index (χ1n) is 3.57. The van der Waals surface area contributed by atoms with Crippen LogP contribution in [-0.2, 0) is 9.59 Å². The van der Waals surface area contributed by atoms with Crippen molar-refractivity contribution >= 4 is 24.3 Å². The summed E-state index contributed by atoms with van der Waals surface area (Å²) in [6.45, 7) is 3.09. The number of nitrogens with one attached hydrogen (secondary N) is 1. The number of hydrazine groups is 1. The van der Waals surface area contributed by atoms with Crippen molar-refractivity contribution in [3.05, 3.63) is 0 Å². The number of hydrogen-bond acceptors (Lipinski definition) is 4. The number of amides is 1. The number of rotatable bonds is 4. The van der Waals surface area contributed by atoms with Crippen LogP contribution in [0.3, 0.4) is 0 Å². The second kappa shape index (κ2) is 7.82. The maximum absolute atomic E-state index is 11.2. The van der Waals surface area contributed by atoms with Crippen molar-refractivity contribution in [1.82, 2.24) is 5.43 Å². The Balaban J connectivity index is -0.000000605. The van der Waals surface area contributed by atoms with E-state index in [1.54, 1.807) is 6.92 Å². The molecule has 86 valence electrons. The normalized spacial score (nSPS) is 12.9. The molecule has 0 heterocycles. The summed E-state index contributed by atoms with van der Waals surface area (Å²) >= 11 is 4.00. The third kappa shape index (κ3) is 5.24. The molecule has 0 saturated carbocycles. The van der Waals surface area contributed by atoms with Crippen molar-refractivity contribution in [2.24, 2.45) is 11.3 Å². The lowest BCUT2D eigenvalue weighted by molar-refractivity contribution is -0.133. The average Bonchev–Trinajstić information content (AvgIpc) is 2.01. The van der Waals surface area contributed by atoms with Crippen molar-refractivity contribution in [2.45, 2.75) is 35.1 Å². The maximum atomic E-state index is 11.2. The highest BCUT2D eigenvalue weighted by molar-refractivity contribution is 7.80. The molecular weight excluding hydrogens is 200 g/mol. The van der Waals surface area contributed by atoms with Crippen LogP contribution in [0.15, 0.2) is 0 Å². The number of ketones is 1. The molecule has 0 bridgehead atoms. The maximum Gasteiger partial charge on any atom is 0.241 e. The monoisotopic (exact) mass is 222 g/mol. The molecule has 1 unspecified atom stereocenters. The van der Waals surface area contributed by atoms with Crippen LogP contribution in [0, 0.1) is 5.41 Å². The van der Waals surface area contributed by atoms with Gasteiger partial charge in [-0.05, 0) is 13.8 Å². The fraction of sp³-hybridized carbons (Fsp3) is 0.778.